The Balaban J connectivity index is 1.87. The summed E-state index contributed by atoms with van der Waals surface area (Å²) in [6.07, 6.45) is 1.46. The Labute approximate surface area is 182 Å². The maximum Gasteiger partial charge on any atom is 0.301 e. The van der Waals surface area contributed by atoms with E-state index >= 15 is 0 Å². The fourth-order valence-corrected chi connectivity index (χ4v) is 3.67. The van der Waals surface area contributed by atoms with Gasteiger partial charge in [-0.15, -0.1) is 0 Å². The Bertz CT molecular complexity index is 1350. The van der Waals surface area contributed by atoms with Gasteiger partial charge in [0, 0.05) is 28.7 Å². The Kier molecular flexibility index (Phi) is 6.04. The molecule has 0 unspecified atom stereocenters. The van der Waals surface area contributed by atoms with Gasteiger partial charge in [0.05, 0.1) is 27.0 Å². The molecule has 2 aromatic carbocycles. The quantitative estimate of drug-likeness (QED) is 0.310. The first kappa shape index (κ1) is 22.6. The van der Waals surface area contributed by atoms with Crippen LogP contribution in [0.15, 0.2) is 58.5 Å². The molecule has 166 valence electrons. The summed E-state index contributed by atoms with van der Waals surface area (Å²) in [5, 5.41) is 31.2. The number of anilines is 1. The van der Waals surface area contributed by atoms with Gasteiger partial charge in [0.2, 0.25) is 10.0 Å². The fourth-order valence-electron chi connectivity index (χ4n) is 3.15. The van der Waals surface area contributed by atoms with Crippen LogP contribution in [-0.2, 0) is 10.0 Å². The first-order chi connectivity index (χ1) is 15.0. The third kappa shape index (κ3) is 4.63. The van der Waals surface area contributed by atoms with Crippen molar-refractivity contribution in [3.63, 3.8) is 0 Å². The third-order valence-corrected chi connectivity index (χ3v) is 5.60. The highest BCUT2D eigenvalue weighted by Gasteiger charge is 2.19. The van der Waals surface area contributed by atoms with Crippen molar-refractivity contribution < 1.29 is 18.3 Å². The number of hydrogen-bond donors (Lipinski definition) is 2. The molecule has 0 saturated heterocycles. The highest BCUT2D eigenvalue weighted by Crippen LogP contribution is 2.29. The van der Waals surface area contributed by atoms with Gasteiger partial charge in [0.25, 0.3) is 5.69 Å². The number of non-ortho nitro benzene ring substituents is 1. The van der Waals surface area contributed by atoms with Gasteiger partial charge in [0.15, 0.2) is 0 Å². The fraction of sp³-hybridized carbons (Fsp3) is 0.105. The van der Waals surface area contributed by atoms with E-state index in [4.69, 9.17) is 5.14 Å². The molecular weight excluding hydrogens is 440 g/mol. The molecule has 1 heterocycles. The van der Waals surface area contributed by atoms with Crippen molar-refractivity contribution in [1.82, 2.24) is 4.57 Å². The lowest BCUT2D eigenvalue weighted by Gasteiger charge is -2.10. The van der Waals surface area contributed by atoms with Crippen molar-refractivity contribution >= 4 is 33.3 Å². The van der Waals surface area contributed by atoms with Gasteiger partial charge in [-0.1, -0.05) is 0 Å². The summed E-state index contributed by atoms with van der Waals surface area (Å²) in [5.74, 6) is 0. The molecule has 0 saturated carbocycles. The number of primary sulfonamides is 1. The molecule has 0 amide bonds. The standard InChI is InChI=1S/C19H18N6O6S/c1-12-9-14(13(2)23(12)15-3-6-17(7-4-15)32(20,30)31)11-21-22-18-8-5-16(24(26)27)10-19(18)25(28)29/h3-11,22H,1-2H3,(H2,20,30,31)/b21-11+. The predicted octanol–water partition coefficient (Wildman–Crippen LogP) is 3.00. The molecule has 0 radical (unpaired) electrons. The first-order valence-corrected chi connectivity index (χ1v) is 10.6. The Hall–Kier alpha value is -4.10. The van der Waals surface area contributed by atoms with E-state index in [1.807, 2.05) is 24.5 Å². The molecule has 32 heavy (non-hydrogen) atoms. The van der Waals surface area contributed by atoms with E-state index in [2.05, 4.69) is 10.5 Å². The minimum Gasteiger partial charge on any atom is -0.318 e. The van der Waals surface area contributed by atoms with E-state index in [0.717, 1.165) is 23.5 Å². The number of nitro benzene ring substituents is 2. The van der Waals surface area contributed by atoms with Crippen LogP contribution in [0.2, 0.25) is 0 Å². The Morgan fingerprint density at radius 3 is 2.25 bits per heavy atom. The van der Waals surface area contributed by atoms with Crippen LogP contribution < -0.4 is 10.6 Å². The lowest BCUT2D eigenvalue weighted by molar-refractivity contribution is -0.393. The topological polar surface area (TPSA) is 176 Å². The summed E-state index contributed by atoms with van der Waals surface area (Å²) in [6.45, 7) is 3.68. The zero-order valence-corrected chi connectivity index (χ0v) is 17.7. The maximum absolute atomic E-state index is 11.4. The molecule has 0 aliphatic carbocycles. The number of sulfonamides is 1. The summed E-state index contributed by atoms with van der Waals surface area (Å²) in [6, 6.07) is 11.1. The number of nitrogens with two attached hydrogens (primary N) is 1. The van der Waals surface area contributed by atoms with Gasteiger partial charge in [-0.2, -0.15) is 5.10 Å². The van der Waals surface area contributed by atoms with Gasteiger partial charge in [-0.25, -0.2) is 13.6 Å². The van der Waals surface area contributed by atoms with Crippen LogP contribution in [0.5, 0.6) is 0 Å². The molecule has 0 aliphatic rings. The molecule has 3 rings (SSSR count). The van der Waals surface area contributed by atoms with Gasteiger partial charge in [-0.3, -0.25) is 25.7 Å². The minimum atomic E-state index is -3.80. The van der Waals surface area contributed by atoms with Crippen molar-refractivity contribution in [1.29, 1.82) is 0 Å². The van der Waals surface area contributed by atoms with Gasteiger partial charge < -0.3 is 4.57 Å². The molecule has 3 aromatic rings. The summed E-state index contributed by atoms with van der Waals surface area (Å²) in [7, 11) is -3.80. The van der Waals surface area contributed by atoms with E-state index < -0.39 is 31.2 Å². The number of aromatic nitrogens is 1. The molecule has 0 fully saturated rings. The molecule has 3 N–H and O–H groups in total. The molecule has 0 atom stereocenters. The summed E-state index contributed by atoms with van der Waals surface area (Å²) in [5.41, 5.74) is 4.72. The molecule has 0 bridgehead atoms. The molecule has 1 aromatic heterocycles. The Morgan fingerprint density at radius 1 is 1.03 bits per heavy atom. The van der Waals surface area contributed by atoms with Crippen molar-refractivity contribution in [2.24, 2.45) is 10.2 Å². The van der Waals surface area contributed by atoms with Crippen LogP contribution in [0.25, 0.3) is 5.69 Å². The third-order valence-electron chi connectivity index (χ3n) is 4.67. The maximum atomic E-state index is 11.4. The monoisotopic (exact) mass is 458 g/mol. The van der Waals surface area contributed by atoms with Crippen LogP contribution in [-0.4, -0.2) is 29.0 Å². The molecule has 12 nitrogen and oxygen atoms in total. The second kappa shape index (κ2) is 8.56. The largest absolute Gasteiger partial charge is 0.318 e. The van der Waals surface area contributed by atoms with E-state index in [1.165, 1.54) is 24.4 Å². The van der Waals surface area contributed by atoms with Crippen molar-refractivity contribution in [2.45, 2.75) is 18.7 Å². The van der Waals surface area contributed by atoms with Gasteiger partial charge in [0.1, 0.15) is 5.69 Å². The average Bonchev–Trinajstić information content (AvgIpc) is 3.00. The van der Waals surface area contributed by atoms with Crippen molar-refractivity contribution in [3.05, 3.63) is 85.7 Å². The number of hydrazone groups is 1. The summed E-state index contributed by atoms with van der Waals surface area (Å²) < 4.78 is 24.8. The molecule has 0 aliphatic heterocycles. The number of benzene rings is 2. The van der Waals surface area contributed by atoms with E-state index in [9.17, 15) is 28.6 Å². The normalized spacial score (nSPS) is 11.6. The smallest absolute Gasteiger partial charge is 0.301 e. The number of nitrogens with one attached hydrogen (secondary N) is 1. The molecule has 0 spiro atoms. The van der Waals surface area contributed by atoms with Crippen LogP contribution >= 0.6 is 0 Å². The zero-order valence-electron chi connectivity index (χ0n) is 16.9. The lowest BCUT2D eigenvalue weighted by atomic mass is 10.2. The number of nitro groups is 2. The molecule has 13 heteroatoms. The second-order valence-electron chi connectivity index (χ2n) is 6.79. The van der Waals surface area contributed by atoms with E-state index in [1.54, 1.807) is 12.1 Å². The van der Waals surface area contributed by atoms with Gasteiger partial charge in [-0.05, 0) is 50.2 Å². The van der Waals surface area contributed by atoms with E-state index in [-0.39, 0.29) is 10.6 Å². The highest BCUT2D eigenvalue weighted by molar-refractivity contribution is 7.89. The van der Waals surface area contributed by atoms with Crippen LogP contribution in [0.1, 0.15) is 17.0 Å². The highest BCUT2D eigenvalue weighted by atomic mass is 32.2. The predicted molar refractivity (Wildman–Crippen MR) is 118 cm³/mol. The number of hydrogen-bond acceptors (Lipinski definition) is 8. The SMILES string of the molecule is Cc1cc(/C=N/Nc2ccc([N+](=O)[O-])cc2[N+](=O)[O-])c(C)n1-c1ccc(S(N)(=O)=O)cc1. The number of rotatable bonds is 7. The number of nitrogens with zero attached hydrogens (tertiary/aromatic N) is 4. The van der Waals surface area contributed by atoms with Crippen LogP contribution in [0.3, 0.4) is 0 Å². The minimum absolute atomic E-state index is 0.000564. The lowest BCUT2D eigenvalue weighted by Crippen LogP contribution is -2.12. The van der Waals surface area contributed by atoms with Gasteiger partial charge >= 0.3 is 5.69 Å². The van der Waals surface area contributed by atoms with Crippen LogP contribution in [0.4, 0.5) is 17.1 Å². The van der Waals surface area contributed by atoms with Crippen LogP contribution in [0, 0.1) is 34.1 Å². The molecular formula is C19H18N6O6S. The summed E-state index contributed by atoms with van der Waals surface area (Å²) in [4.78, 5) is 20.6. The number of aryl methyl sites for hydroxylation is 1. The average molecular weight is 458 g/mol. The Morgan fingerprint density at radius 2 is 1.69 bits per heavy atom. The second-order valence-corrected chi connectivity index (χ2v) is 8.35. The summed E-state index contributed by atoms with van der Waals surface area (Å²) >= 11 is 0. The first-order valence-electron chi connectivity index (χ1n) is 9.03. The van der Waals surface area contributed by atoms with Crippen molar-refractivity contribution in [3.8, 4) is 5.69 Å². The zero-order chi connectivity index (χ0) is 23.6. The van der Waals surface area contributed by atoms with Crippen molar-refractivity contribution in [2.75, 3.05) is 5.43 Å². The van der Waals surface area contributed by atoms with E-state index in [0.29, 0.717) is 11.3 Å².